The van der Waals surface area contributed by atoms with Gasteiger partial charge in [0.1, 0.15) is 0 Å². The molecular weight excluding hydrogens is 557 g/mol. The number of anilines is 1. The minimum absolute atomic E-state index is 0.164. The van der Waals surface area contributed by atoms with Crippen molar-refractivity contribution in [1.29, 1.82) is 0 Å². The van der Waals surface area contributed by atoms with Gasteiger partial charge >= 0.3 is 0 Å². The number of Topliss-reactive ketones (excluding diaryl/α,β-unsaturated/α-hetero) is 2. The van der Waals surface area contributed by atoms with Crippen LogP contribution in [0.25, 0.3) is 0 Å². The molecule has 0 saturated carbocycles. The van der Waals surface area contributed by atoms with Crippen molar-refractivity contribution < 1.29 is 23.9 Å². The summed E-state index contributed by atoms with van der Waals surface area (Å²) in [6.45, 7) is 0. The summed E-state index contributed by atoms with van der Waals surface area (Å²) in [5.41, 5.74) is -0.986. The van der Waals surface area contributed by atoms with Gasteiger partial charge in [0.25, 0.3) is 0 Å². The van der Waals surface area contributed by atoms with Crippen molar-refractivity contribution in [3.63, 3.8) is 0 Å². The Hall–Kier alpha value is -2.84. The summed E-state index contributed by atoms with van der Waals surface area (Å²) in [5, 5.41) is 0.426. The van der Waals surface area contributed by atoms with Crippen molar-refractivity contribution in [3.8, 4) is 0 Å². The van der Waals surface area contributed by atoms with Gasteiger partial charge in [0.15, 0.2) is 0 Å². The fraction of sp³-hybridized carbons (Fsp3) is 0.154. The first-order valence-corrected chi connectivity index (χ1v) is 12.3. The Morgan fingerprint density at radius 2 is 1.49 bits per heavy atom. The third kappa shape index (κ3) is 2.99. The molecule has 3 aliphatic rings. The molecule has 174 valence electrons. The van der Waals surface area contributed by atoms with Crippen molar-refractivity contribution in [2.75, 3.05) is 4.90 Å². The zero-order chi connectivity index (χ0) is 24.6. The normalized spacial score (nSPS) is 24.4. The van der Waals surface area contributed by atoms with Crippen molar-refractivity contribution in [3.05, 3.63) is 97.9 Å². The highest BCUT2D eigenvalue weighted by atomic mass is 79.9. The van der Waals surface area contributed by atoms with E-state index in [0.717, 1.165) is 9.37 Å². The van der Waals surface area contributed by atoms with Gasteiger partial charge in [0.2, 0.25) is 29.0 Å². The van der Waals surface area contributed by atoms with E-state index in [2.05, 4.69) is 15.9 Å². The molecule has 0 radical (unpaired) electrons. The second kappa shape index (κ2) is 7.83. The second-order valence-corrected chi connectivity index (χ2v) is 10.4. The fourth-order valence-electron chi connectivity index (χ4n) is 5.38. The third-order valence-electron chi connectivity index (χ3n) is 6.86. The number of fused-ring (bicyclic) bond motifs is 3. The summed E-state index contributed by atoms with van der Waals surface area (Å²) >= 11 is 15.6. The lowest BCUT2D eigenvalue weighted by molar-refractivity contribution is -0.127. The van der Waals surface area contributed by atoms with E-state index in [-0.39, 0.29) is 26.9 Å². The van der Waals surface area contributed by atoms with Crippen LogP contribution in [0.3, 0.4) is 0 Å². The highest BCUT2D eigenvalue weighted by molar-refractivity contribution is 9.10. The molecule has 2 heterocycles. The average molecular weight is 571 g/mol. The van der Waals surface area contributed by atoms with Gasteiger partial charge < -0.3 is 4.74 Å². The van der Waals surface area contributed by atoms with Crippen LogP contribution in [-0.4, -0.2) is 29.0 Å². The summed E-state index contributed by atoms with van der Waals surface area (Å²) in [7, 11) is 0. The Bertz CT molecular complexity index is 1450. The van der Waals surface area contributed by atoms with E-state index in [1.165, 1.54) is 30.3 Å². The van der Waals surface area contributed by atoms with Crippen molar-refractivity contribution in [1.82, 2.24) is 0 Å². The molecule has 6 rings (SSSR count). The Labute approximate surface area is 217 Å². The number of nitrogens with zero attached hydrogens (tertiary/aromatic N) is 1. The highest BCUT2D eigenvalue weighted by Crippen LogP contribution is 2.58. The maximum absolute atomic E-state index is 13.9. The SMILES string of the molecule is O=C1[C@@H]2[C@@H](C(=O)N1c1ccc(Cl)c(Cl)c1)C1(O[C@H]2c2cccc(Br)c2)C(=O)c2ccccc2C1=O. The number of ether oxygens (including phenoxy) is 1. The Morgan fingerprint density at radius 1 is 0.800 bits per heavy atom. The number of imide groups is 1. The van der Waals surface area contributed by atoms with E-state index in [0.29, 0.717) is 5.56 Å². The van der Waals surface area contributed by atoms with Crippen LogP contribution in [0.2, 0.25) is 10.0 Å². The summed E-state index contributed by atoms with van der Waals surface area (Å²) in [6, 6.07) is 17.8. The number of carbonyl (C=O) groups excluding carboxylic acids is 4. The molecule has 2 amide bonds. The Kier molecular flexibility index (Phi) is 5.06. The van der Waals surface area contributed by atoms with Crippen molar-refractivity contribution in [2.24, 2.45) is 11.8 Å². The van der Waals surface area contributed by atoms with Crippen LogP contribution in [0.4, 0.5) is 5.69 Å². The summed E-state index contributed by atoms with van der Waals surface area (Å²) in [5.74, 6) is -4.90. The number of halogens is 3. The fourth-order valence-corrected chi connectivity index (χ4v) is 6.09. The standard InChI is InChI=1S/C26H14BrCl2NO5/c27-13-5-3-4-12(10-13)21-19-20(25(34)30(24(19)33)14-8-9-17(28)18(29)11-14)26(35-21)22(31)15-6-1-2-7-16(15)23(26)32/h1-11,19-21H/t19-,20+,21+/m1/s1. The van der Waals surface area contributed by atoms with E-state index >= 15 is 0 Å². The highest BCUT2D eigenvalue weighted by Gasteiger charge is 2.74. The number of carbonyl (C=O) groups is 4. The Balaban J connectivity index is 1.55. The number of amides is 2. The third-order valence-corrected chi connectivity index (χ3v) is 8.09. The number of hydrogen-bond donors (Lipinski definition) is 0. The predicted molar refractivity (Wildman–Crippen MR) is 132 cm³/mol. The summed E-state index contributed by atoms with van der Waals surface area (Å²) in [6.07, 6.45) is -0.996. The quantitative estimate of drug-likeness (QED) is 0.302. The van der Waals surface area contributed by atoms with Gasteiger partial charge in [-0.3, -0.25) is 19.2 Å². The lowest BCUT2D eigenvalue weighted by Gasteiger charge is -2.27. The number of ketones is 2. The van der Waals surface area contributed by atoms with Gasteiger partial charge in [-0.2, -0.15) is 0 Å². The molecule has 1 spiro atoms. The number of hydrogen-bond acceptors (Lipinski definition) is 5. The van der Waals surface area contributed by atoms with Gasteiger partial charge in [-0.1, -0.05) is 75.5 Å². The summed E-state index contributed by atoms with van der Waals surface area (Å²) in [4.78, 5) is 56.1. The monoisotopic (exact) mass is 569 g/mol. The van der Waals surface area contributed by atoms with Gasteiger partial charge in [-0.25, -0.2) is 4.90 Å². The number of rotatable bonds is 2. The van der Waals surface area contributed by atoms with Crippen LogP contribution in [0.15, 0.2) is 71.2 Å². The first-order chi connectivity index (χ1) is 16.8. The molecular formula is C26H14BrCl2NO5. The van der Waals surface area contributed by atoms with E-state index < -0.39 is 46.9 Å². The second-order valence-electron chi connectivity index (χ2n) is 8.65. The summed E-state index contributed by atoms with van der Waals surface area (Å²) < 4.78 is 6.98. The molecule has 6 nitrogen and oxygen atoms in total. The van der Waals surface area contributed by atoms with E-state index in [9.17, 15) is 19.2 Å². The minimum Gasteiger partial charge on any atom is -0.349 e. The first kappa shape index (κ1) is 22.6. The molecule has 2 fully saturated rings. The van der Waals surface area contributed by atoms with Gasteiger partial charge in [-0.05, 0) is 35.9 Å². The molecule has 9 heteroatoms. The zero-order valence-electron chi connectivity index (χ0n) is 17.7. The maximum Gasteiger partial charge on any atom is 0.241 e. The molecule has 0 unspecified atom stereocenters. The van der Waals surface area contributed by atoms with Gasteiger partial charge in [0, 0.05) is 15.6 Å². The van der Waals surface area contributed by atoms with Crippen LogP contribution in [0.1, 0.15) is 32.4 Å². The topological polar surface area (TPSA) is 80.8 Å². The average Bonchev–Trinajstić information content (AvgIpc) is 3.41. The molecule has 0 bridgehead atoms. The minimum atomic E-state index is -2.13. The van der Waals surface area contributed by atoms with Crippen LogP contribution in [0.5, 0.6) is 0 Å². The van der Waals surface area contributed by atoms with Crippen molar-refractivity contribution in [2.45, 2.75) is 11.7 Å². The van der Waals surface area contributed by atoms with E-state index in [1.807, 2.05) is 0 Å². The van der Waals surface area contributed by atoms with E-state index in [4.69, 9.17) is 27.9 Å². The Morgan fingerprint density at radius 3 is 2.11 bits per heavy atom. The molecule has 0 N–H and O–H groups in total. The maximum atomic E-state index is 13.9. The smallest absolute Gasteiger partial charge is 0.241 e. The molecule has 3 aromatic carbocycles. The molecule has 1 aliphatic carbocycles. The molecule has 3 atom stereocenters. The predicted octanol–water partition coefficient (Wildman–Crippen LogP) is 5.45. The van der Waals surface area contributed by atoms with Gasteiger partial charge in [-0.15, -0.1) is 0 Å². The van der Waals surface area contributed by atoms with E-state index in [1.54, 1.807) is 36.4 Å². The molecule has 2 aliphatic heterocycles. The zero-order valence-corrected chi connectivity index (χ0v) is 20.8. The number of benzene rings is 3. The van der Waals surface area contributed by atoms with Crippen LogP contribution in [0, 0.1) is 11.8 Å². The van der Waals surface area contributed by atoms with Crippen molar-refractivity contribution >= 4 is 68.2 Å². The molecule has 3 aromatic rings. The van der Waals surface area contributed by atoms with Crippen LogP contribution < -0.4 is 4.90 Å². The largest absolute Gasteiger partial charge is 0.349 e. The molecule has 0 aromatic heterocycles. The lowest BCUT2D eigenvalue weighted by Crippen LogP contribution is -2.51. The lowest BCUT2D eigenvalue weighted by atomic mass is 9.77. The van der Waals surface area contributed by atoms with Crippen LogP contribution >= 0.6 is 39.1 Å². The first-order valence-electron chi connectivity index (χ1n) is 10.7. The molecule has 35 heavy (non-hydrogen) atoms. The van der Waals surface area contributed by atoms with Gasteiger partial charge in [0.05, 0.1) is 33.7 Å². The molecule has 2 saturated heterocycles. The van der Waals surface area contributed by atoms with Crippen LogP contribution in [-0.2, 0) is 14.3 Å².